The van der Waals surface area contributed by atoms with Gasteiger partial charge >= 0.3 is 0 Å². The van der Waals surface area contributed by atoms with Crippen molar-refractivity contribution in [2.24, 2.45) is 5.41 Å². The Morgan fingerprint density at radius 1 is 1.35 bits per heavy atom. The van der Waals surface area contributed by atoms with Crippen molar-refractivity contribution in [1.29, 1.82) is 0 Å². The number of carbonyl (C=O) groups excluding carboxylic acids is 1. The zero-order valence-corrected chi connectivity index (χ0v) is 14.3. The summed E-state index contributed by atoms with van der Waals surface area (Å²) in [6.45, 7) is 4.23. The van der Waals surface area contributed by atoms with E-state index in [-0.39, 0.29) is 11.2 Å². The molecule has 1 aromatic carbocycles. The van der Waals surface area contributed by atoms with E-state index in [9.17, 15) is 4.79 Å². The Balaban J connectivity index is 2.05. The maximum Gasteiger partial charge on any atom is 0.175 e. The van der Waals surface area contributed by atoms with Crippen molar-refractivity contribution < 1.29 is 4.79 Å². The molecule has 0 amide bonds. The van der Waals surface area contributed by atoms with Crippen LogP contribution in [-0.2, 0) is 6.42 Å². The first-order valence-corrected chi connectivity index (χ1v) is 8.33. The second-order valence-corrected chi connectivity index (χ2v) is 8.13. The van der Waals surface area contributed by atoms with Crippen LogP contribution in [0.5, 0.6) is 0 Å². The minimum Gasteiger partial charge on any atom is -0.293 e. The van der Waals surface area contributed by atoms with E-state index in [1.165, 1.54) is 11.3 Å². The number of rotatable bonds is 1. The summed E-state index contributed by atoms with van der Waals surface area (Å²) >= 11 is 11.0. The van der Waals surface area contributed by atoms with Gasteiger partial charge in [-0.3, -0.25) is 4.79 Å². The van der Waals surface area contributed by atoms with E-state index in [1.54, 1.807) is 0 Å². The van der Waals surface area contributed by atoms with Crippen molar-refractivity contribution in [2.75, 3.05) is 0 Å². The summed E-state index contributed by atoms with van der Waals surface area (Å²) in [5.41, 5.74) is 1.90. The van der Waals surface area contributed by atoms with Crippen molar-refractivity contribution in [3.05, 3.63) is 38.3 Å². The van der Waals surface area contributed by atoms with Gasteiger partial charge < -0.3 is 0 Å². The number of ketones is 1. The van der Waals surface area contributed by atoms with Crippen LogP contribution in [0.2, 0.25) is 5.02 Å². The summed E-state index contributed by atoms with van der Waals surface area (Å²) in [5, 5.41) is 1.53. The lowest BCUT2D eigenvalue weighted by molar-refractivity contribution is 0.0916. The van der Waals surface area contributed by atoms with E-state index in [0.717, 1.165) is 32.0 Å². The molecule has 0 radical (unpaired) electrons. The number of fused-ring (bicyclic) bond motifs is 1. The Morgan fingerprint density at radius 3 is 2.80 bits per heavy atom. The molecule has 0 N–H and O–H groups in total. The molecule has 1 aliphatic carbocycles. The second kappa shape index (κ2) is 4.93. The van der Waals surface area contributed by atoms with Crippen LogP contribution in [0.1, 0.15) is 35.6 Å². The molecule has 3 rings (SSSR count). The fourth-order valence-corrected chi connectivity index (χ4v) is 3.92. The topological polar surface area (TPSA) is 30.0 Å². The van der Waals surface area contributed by atoms with Gasteiger partial charge in [-0.2, -0.15) is 0 Å². The maximum atomic E-state index is 12.2. The zero-order valence-electron chi connectivity index (χ0n) is 11.2. The molecule has 104 valence electrons. The van der Waals surface area contributed by atoms with E-state index in [1.807, 2.05) is 18.2 Å². The summed E-state index contributed by atoms with van der Waals surface area (Å²) in [5.74, 6) is 0.211. The molecule has 0 saturated carbocycles. The third-order valence-corrected chi connectivity index (χ3v) is 5.82. The largest absolute Gasteiger partial charge is 0.293 e. The van der Waals surface area contributed by atoms with E-state index in [2.05, 4.69) is 34.8 Å². The first-order valence-electron chi connectivity index (χ1n) is 6.34. The van der Waals surface area contributed by atoms with Crippen molar-refractivity contribution in [3.63, 3.8) is 0 Å². The van der Waals surface area contributed by atoms with Crippen molar-refractivity contribution in [1.82, 2.24) is 4.98 Å². The van der Waals surface area contributed by atoms with Gasteiger partial charge in [-0.1, -0.05) is 31.5 Å². The number of Topliss-reactive ketones (excluding diaryl/α,β-unsaturated/α-hetero) is 1. The van der Waals surface area contributed by atoms with Crippen molar-refractivity contribution >= 4 is 44.7 Å². The molecule has 0 saturated heterocycles. The van der Waals surface area contributed by atoms with Crippen LogP contribution in [0.4, 0.5) is 0 Å². The quantitative estimate of drug-likeness (QED) is 0.674. The maximum absolute atomic E-state index is 12.2. The molecule has 0 spiro atoms. The summed E-state index contributed by atoms with van der Waals surface area (Å²) in [7, 11) is 0. The van der Waals surface area contributed by atoms with E-state index < -0.39 is 0 Å². The molecule has 2 aromatic rings. The average Bonchev–Trinajstić information content (AvgIpc) is 2.75. The monoisotopic (exact) mass is 369 g/mol. The van der Waals surface area contributed by atoms with Crippen LogP contribution < -0.4 is 0 Å². The highest BCUT2D eigenvalue weighted by Gasteiger charge is 2.33. The standard InChI is InChI=1S/C15H13BrClNOS/c1-15(2)6-11-13(12(19)7-15)20-14(18-11)8-3-4-9(16)10(17)5-8/h3-5H,6-7H2,1-2H3. The van der Waals surface area contributed by atoms with Crippen LogP contribution in [0.15, 0.2) is 22.7 Å². The van der Waals surface area contributed by atoms with Gasteiger partial charge in [-0.15, -0.1) is 11.3 Å². The number of thiazole rings is 1. The zero-order chi connectivity index (χ0) is 14.5. The molecule has 0 fully saturated rings. The van der Waals surface area contributed by atoms with Gasteiger partial charge in [0.05, 0.1) is 15.6 Å². The predicted octanol–water partition coefficient (Wildman–Crippen LogP) is 5.38. The first-order chi connectivity index (χ1) is 9.35. The number of hydrogen-bond acceptors (Lipinski definition) is 3. The molecule has 1 heterocycles. The fourth-order valence-electron chi connectivity index (χ4n) is 2.47. The van der Waals surface area contributed by atoms with Crippen molar-refractivity contribution in [2.45, 2.75) is 26.7 Å². The fraction of sp³-hybridized carbons (Fsp3) is 0.333. The van der Waals surface area contributed by atoms with Crippen LogP contribution in [0, 0.1) is 5.41 Å². The lowest BCUT2D eigenvalue weighted by Gasteiger charge is -2.26. The summed E-state index contributed by atoms with van der Waals surface area (Å²) in [6.07, 6.45) is 1.46. The van der Waals surface area contributed by atoms with Gasteiger partial charge in [0.25, 0.3) is 0 Å². The Bertz CT molecular complexity index is 708. The van der Waals surface area contributed by atoms with Gasteiger partial charge in [0.2, 0.25) is 0 Å². The van der Waals surface area contributed by atoms with Crippen LogP contribution in [0.3, 0.4) is 0 Å². The predicted molar refractivity (Wildman–Crippen MR) is 86.7 cm³/mol. The number of hydrogen-bond donors (Lipinski definition) is 0. The molecule has 20 heavy (non-hydrogen) atoms. The van der Waals surface area contributed by atoms with Crippen LogP contribution >= 0.6 is 38.9 Å². The molecule has 2 nitrogen and oxygen atoms in total. The van der Waals surface area contributed by atoms with E-state index in [0.29, 0.717) is 11.4 Å². The number of carbonyl (C=O) groups is 1. The molecule has 5 heteroatoms. The normalized spacial score (nSPS) is 17.1. The van der Waals surface area contributed by atoms with E-state index in [4.69, 9.17) is 11.6 Å². The molecule has 0 bridgehead atoms. The average molecular weight is 371 g/mol. The van der Waals surface area contributed by atoms with Gasteiger partial charge in [0.15, 0.2) is 5.78 Å². The molecule has 1 aromatic heterocycles. The van der Waals surface area contributed by atoms with Crippen molar-refractivity contribution in [3.8, 4) is 10.6 Å². The second-order valence-electron chi connectivity index (χ2n) is 5.86. The molecular weight excluding hydrogens is 358 g/mol. The molecule has 1 aliphatic rings. The Kier molecular flexibility index (Phi) is 3.51. The summed E-state index contributed by atoms with van der Waals surface area (Å²) in [4.78, 5) is 17.7. The Hall–Kier alpha value is -0.710. The first kappa shape index (κ1) is 14.2. The third-order valence-electron chi connectivity index (χ3n) is 3.40. The lowest BCUT2D eigenvalue weighted by atomic mass is 9.78. The van der Waals surface area contributed by atoms with Gasteiger partial charge in [0.1, 0.15) is 5.01 Å². The number of nitrogens with zero attached hydrogens (tertiary/aromatic N) is 1. The third kappa shape index (κ3) is 2.57. The number of benzene rings is 1. The Morgan fingerprint density at radius 2 is 2.10 bits per heavy atom. The molecule has 0 unspecified atom stereocenters. The van der Waals surface area contributed by atoms with Crippen LogP contribution in [0.25, 0.3) is 10.6 Å². The number of halogens is 2. The highest BCUT2D eigenvalue weighted by atomic mass is 79.9. The lowest BCUT2D eigenvalue weighted by Crippen LogP contribution is -2.25. The van der Waals surface area contributed by atoms with Gasteiger partial charge in [-0.05, 0) is 39.9 Å². The molecule has 0 atom stereocenters. The minimum absolute atomic E-state index is 0.00673. The highest BCUT2D eigenvalue weighted by Crippen LogP contribution is 2.40. The smallest absolute Gasteiger partial charge is 0.175 e. The number of aromatic nitrogens is 1. The summed E-state index contributed by atoms with van der Waals surface area (Å²) < 4.78 is 0.862. The minimum atomic E-state index is 0.00673. The molecular formula is C15H13BrClNOS. The van der Waals surface area contributed by atoms with Gasteiger partial charge in [0, 0.05) is 16.5 Å². The Labute approximate surface area is 135 Å². The van der Waals surface area contributed by atoms with E-state index >= 15 is 0 Å². The van der Waals surface area contributed by atoms with Gasteiger partial charge in [-0.25, -0.2) is 4.98 Å². The molecule has 0 aliphatic heterocycles. The van der Waals surface area contributed by atoms with Crippen LogP contribution in [-0.4, -0.2) is 10.8 Å². The SMILES string of the molecule is CC1(C)CC(=O)c2sc(-c3ccc(Br)c(Cl)c3)nc2C1. The highest BCUT2D eigenvalue weighted by molar-refractivity contribution is 9.10. The summed E-state index contributed by atoms with van der Waals surface area (Å²) in [6, 6.07) is 5.76.